The van der Waals surface area contributed by atoms with Crippen LogP contribution in [-0.2, 0) is 0 Å². The maximum Gasteiger partial charge on any atom is 0.165 e. The van der Waals surface area contributed by atoms with Crippen molar-refractivity contribution in [3.8, 4) is 23.2 Å². The van der Waals surface area contributed by atoms with Gasteiger partial charge in [0.25, 0.3) is 0 Å². The molecule has 4 nitrogen and oxygen atoms in total. The molecular formula is C15H10FN3O. The second-order valence-corrected chi connectivity index (χ2v) is 4.28. The first kappa shape index (κ1) is 12.2. The monoisotopic (exact) mass is 267 g/mol. The third kappa shape index (κ3) is 1.97. The molecule has 1 aromatic heterocycles. The van der Waals surface area contributed by atoms with Gasteiger partial charge in [-0.25, -0.2) is 9.37 Å². The van der Waals surface area contributed by atoms with Crippen molar-refractivity contribution in [2.24, 2.45) is 0 Å². The van der Waals surface area contributed by atoms with Crippen LogP contribution in [-0.4, -0.2) is 17.1 Å². The van der Waals surface area contributed by atoms with Crippen LogP contribution in [0.2, 0.25) is 0 Å². The van der Waals surface area contributed by atoms with Crippen molar-refractivity contribution in [1.82, 2.24) is 9.97 Å². The third-order valence-corrected chi connectivity index (χ3v) is 3.04. The zero-order chi connectivity index (χ0) is 14.1. The number of rotatable bonds is 2. The minimum atomic E-state index is -0.417. The molecule has 0 unspecified atom stereocenters. The highest BCUT2D eigenvalue weighted by Gasteiger charge is 2.09. The van der Waals surface area contributed by atoms with Gasteiger partial charge in [-0.3, -0.25) is 0 Å². The Balaban J connectivity index is 2.12. The maximum absolute atomic E-state index is 13.4. The van der Waals surface area contributed by atoms with Gasteiger partial charge in [0.1, 0.15) is 5.82 Å². The first-order chi connectivity index (χ1) is 9.71. The van der Waals surface area contributed by atoms with E-state index in [1.54, 1.807) is 30.3 Å². The molecule has 20 heavy (non-hydrogen) atoms. The highest BCUT2D eigenvalue weighted by atomic mass is 19.1. The number of nitrogens with zero attached hydrogens (tertiary/aromatic N) is 2. The van der Waals surface area contributed by atoms with Crippen molar-refractivity contribution >= 4 is 11.0 Å². The fourth-order valence-electron chi connectivity index (χ4n) is 2.02. The van der Waals surface area contributed by atoms with E-state index in [1.165, 1.54) is 13.2 Å². The molecule has 0 bridgehead atoms. The van der Waals surface area contributed by atoms with Gasteiger partial charge in [0, 0.05) is 5.56 Å². The van der Waals surface area contributed by atoms with E-state index in [-0.39, 0.29) is 5.75 Å². The molecule has 0 aliphatic rings. The Labute approximate surface area is 114 Å². The maximum atomic E-state index is 13.4. The summed E-state index contributed by atoms with van der Waals surface area (Å²) in [6.07, 6.45) is 0. The molecule has 0 amide bonds. The van der Waals surface area contributed by atoms with Gasteiger partial charge in [-0.05, 0) is 36.4 Å². The fraction of sp³-hybridized carbons (Fsp3) is 0.0667. The summed E-state index contributed by atoms with van der Waals surface area (Å²) in [5.41, 5.74) is 2.80. The molecule has 0 atom stereocenters. The summed E-state index contributed by atoms with van der Waals surface area (Å²) in [6, 6.07) is 11.8. The predicted octanol–water partition coefficient (Wildman–Crippen LogP) is 3.25. The number of fused-ring (bicyclic) bond motifs is 1. The number of benzene rings is 2. The van der Waals surface area contributed by atoms with E-state index in [1.807, 2.05) is 0 Å². The number of aromatic nitrogens is 2. The van der Waals surface area contributed by atoms with Crippen molar-refractivity contribution in [3.63, 3.8) is 0 Å². The van der Waals surface area contributed by atoms with Gasteiger partial charge < -0.3 is 9.72 Å². The zero-order valence-electron chi connectivity index (χ0n) is 10.6. The molecule has 0 saturated carbocycles. The van der Waals surface area contributed by atoms with Crippen molar-refractivity contribution in [2.75, 3.05) is 7.11 Å². The lowest BCUT2D eigenvalue weighted by molar-refractivity contribution is 0.387. The van der Waals surface area contributed by atoms with Gasteiger partial charge in [-0.1, -0.05) is 0 Å². The van der Waals surface area contributed by atoms with Gasteiger partial charge >= 0.3 is 0 Å². The zero-order valence-corrected chi connectivity index (χ0v) is 10.6. The molecule has 0 spiro atoms. The number of halogens is 1. The Morgan fingerprint density at radius 2 is 2.10 bits per heavy atom. The SMILES string of the molecule is COc1cc(-c2nc3ccc(C#N)cc3[nH]2)ccc1F. The van der Waals surface area contributed by atoms with Gasteiger partial charge in [0.15, 0.2) is 11.6 Å². The quantitative estimate of drug-likeness (QED) is 0.775. The molecule has 0 aliphatic carbocycles. The van der Waals surface area contributed by atoms with Gasteiger partial charge in [-0.2, -0.15) is 5.26 Å². The van der Waals surface area contributed by atoms with Crippen LogP contribution in [0.15, 0.2) is 36.4 Å². The topological polar surface area (TPSA) is 61.7 Å². The molecule has 3 rings (SSSR count). The van der Waals surface area contributed by atoms with Crippen LogP contribution >= 0.6 is 0 Å². The predicted molar refractivity (Wildman–Crippen MR) is 72.8 cm³/mol. The molecule has 5 heteroatoms. The molecule has 98 valence electrons. The van der Waals surface area contributed by atoms with Gasteiger partial charge in [0.2, 0.25) is 0 Å². The molecule has 3 aromatic rings. The number of hydrogen-bond donors (Lipinski definition) is 1. The summed E-state index contributed by atoms with van der Waals surface area (Å²) in [4.78, 5) is 7.54. The Morgan fingerprint density at radius 1 is 1.25 bits per heavy atom. The first-order valence-corrected chi connectivity index (χ1v) is 5.95. The fourth-order valence-corrected chi connectivity index (χ4v) is 2.02. The Bertz CT molecular complexity index is 833. The Kier molecular flexibility index (Phi) is 2.84. The van der Waals surface area contributed by atoms with Crippen LogP contribution in [0, 0.1) is 17.1 Å². The summed E-state index contributed by atoms with van der Waals surface area (Å²) >= 11 is 0. The summed E-state index contributed by atoms with van der Waals surface area (Å²) in [6.45, 7) is 0. The summed E-state index contributed by atoms with van der Waals surface area (Å²) in [7, 11) is 1.42. The van der Waals surface area contributed by atoms with Crippen molar-refractivity contribution in [1.29, 1.82) is 5.26 Å². The van der Waals surface area contributed by atoms with E-state index < -0.39 is 5.82 Å². The standard InChI is InChI=1S/C15H10FN3O/c1-20-14-7-10(3-4-11(14)16)15-18-12-5-2-9(8-17)6-13(12)19-15/h2-7H,1H3,(H,18,19). The largest absolute Gasteiger partial charge is 0.494 e. The highest BCUT2D eigenvalue weighted by Crippen LogP contribution is 2.26. The number of hydrogen-bond acceptors (Lipinski definition) is 3. The van der Waals surface area contributed by atoms with Crippen LogP contribution in [0.1, 0.15) is 5.56 Å². The Morgan fingerprint density at radius 3 is 2.85 bits per heavy atom. The smallest absolute Gasteiger partial charge is 0.165 e. The summed E-state index contributed by atoms with van der Waals surface area (Å²) < 4.78 is 18.4. The second kappa shape index (κ2) is 4.67. The van der Waals surface area contributed by atoms with E-state index in [0.29, 0.717) is 11.4 Å². The van der Waals surface area contributed by atoms with Crippen molar-refractivity contribution < 1.29 is 9.13 Å². The molecule has 0 radical (unpaired) electrons. The minimum absolute atomic E-state index is 0.167. The summed E-state index contributed by atoms with van der Waals surface area (Å²) in [5, 5.41) is 8.88. The lowest BCUT2D eigenvalue weighted by Gasteiger charge is -2.03. The third-order valence-electron chi connectivity index (χ3n) is 3.04. The number of imidazole rings is 1. The second-order valence-electron chi connectivity index (χ2n) is 4.28. The van der Waals surface area contributed by atoms with Gasteiger partial charge in [0.05, 0.1) is 29.8 Å². The number of nitriles is 1. The molecule has 0 saturated heterocycles. The lowest BCUT2D eigenvalue weighted by Crippen LogP contribution is -1.89. The number of methoxy groups -OCH3 is 1. The van der Waals surface area contributed by atoms with E-state index >= 15 is 0 Å². The van der Waals surface area contributed by atoms with E-state index in [9.17, 15) is 4.39 Å². The molecular weight excluding hydrogens is 257 g/mol. The number of aromatic amines is 1. The molecule has 1 heterocycles. The van der Waals surface area contributed by atoms with E-state index in [4.69, 9.17) is 10.00 Å². The summed E-state index contributed by atoms with van der Waals surface area (Å²) in [5.74, 6) is 0.355. The van der Waals surface area contributed by atoms with Crippen molar-refractivity contribution in [3.05, 3.63) is 47.8 Å². The van der Waals surface area contributed by atoms with Gasteiger partial charge in [-0.15, -0.1) is 0 Å². The molecule has 0 fully saturated rings. The average molecular weight is 267 g/mol. The number of ether oxygens (including phenoxy) is 1. The van der Waals surface area contributed by atoms with Crippen molar-refractivity contribution in [2.45, 2.75) is 0 Å². The van der Waals surface area contributed by atoms with Crippen LogP contribution in [0.3, 0.4) is 0 Å². The van der Waals surface area contributed by atoms with E-state index in [2.05, 4.69) is 16.0 Å². The highest BCUT2D eigenvalue weighted by molar-refractivity contribution is 5.80. The molecule has 1 N–H and O–H groups in total. The normalized spacial score (nSPS) is 10.4. The van der Waals surface area contributed by atoms with Crippen LogP contribution in [0.4, 0.5) is 4.39 Å². The van der Waals surface area contributed by atoms with Crippen LogP contribution in [0.5, 0.6) is 5.75 Å². The minimum Gasteiger partial charge on any atom is -0.494 e. The van der Waals surface area contributed by atoms with Crippen LogP contribution in [0.25, 0.3) is 22.4 Å². The average Bonchev–Trinajstić information content (AvgIpc) is 2.90. The first-order valence-electron chi connectivity index (χ1n) is 5.95. The number of nitrogens with one attached hydrogen (secondary N) is 1. The van der Waals surface area contributed by atoms with E-state index in [0.717, 1.165) is 16.6 Å². The lowest BCUT2D eigenvalue weighted by atomic mass is 10.2. The molecule has 2 aromatic carbocycles. The molecule has 0 aliphatic heterocycles. The van der Waals surface area contributed by atoms with Crippen LogP contribution < -0.4 is 4.74 Å². The number of H-pyrrole nitrogens is 1. The Hall–Kier alpha value is -2.87.